The lowest BCUT2D eigenvalue weighted by Crippen LogP contribution is -2.50. The number of carbonyl (C=O) groups excluding carboxylic acids is 2. The number of benzene rings is 3. The van der Waals surface area contributed by atoms with Crippen molar-refractivity contribution in [2.75, 3.05) is 44.4 Å². The number of fused-ring (bicyclic) bond motifs is 1. The maximum atomic E-state index is 13.5. The molecule has 184 valence electrons. The first-order chi connectivity index (χ1) is 17.6. The van der Waals surface area contributed by atoms with E-state index in [-0.39, 0.29) is 11.9 Å². The zero-order valence-electron chi connectivity index (χ0n) is 20.5. The van der Waals surface area contributed by atoms with E-state index in [0.717, 1.165) is 44.0 Å². The van der Waals surface area contributed by atoms with Crippen molar-refractivity contribution in [2.24, 2.45) is 4.99 Å². The minimum Gasteiger partial charge on any atom is -0.462 e. The Hall–Kier alpha value is -3.81. The Morgan fingerprint density at radius 3 is 2.25 bits per heavy atom. The van der Waals surface area contributed by atoms with Crippen molar-refractivity contribution in [3.8, 4) is 0 Å². The van der Waals surface area contributed by atoms with E-state index in [1.807, 2.05) is 35.2 Å². The van der Waals surface area contributed by atoms with Crippen LogP contribution in [0.2, 0.25) is 0 Å². The van der Waals surface area contributed by atoms with Crippen molar-refractivity contribution >= 4 is 29.0 Å². The number of amides is 1. The van der Waals surface area contributed by atoms with Gasteiger partial charge in [-0.1, -0.05) is 48.5 Å². The van der Waals surface area contributed by atoms with Gasteiger partial charge < -0.3 is 4.74 Å². The number of nitrogens with zero attached hydrogens (tertiary/aromatic N) is 4. The lowest BCUT2D eigenvalue weighted by molar-refractivity contribution is -0.112. The molecule has 0 N–H and O–H groups in total. The van der Waals surface area contributed by atoms with Gasteiger partial charge >= 0.3 is 5.97 Å². The van der Waals surface area contributed by atoms with Crippen LogP contribution in [0.3, 0.4) is 0 Å². The van der Waals surface area contributed by atoms with Crippen LogP contribution in [-0.4, -0.2) is 66.8 Å². The average molecular weight is 483 g/mol. The summed E-state index contributed by atoms with van der Waals surface area (Å²) in [5.74, 6) is -0.466. The Bertz CT molecular complexity index is 1250. The third-order valence-corrected chi connectivity index (χ3v) is 6.57. The number of para-hydroxylation sites is 1. The number of piperazine rings is 1. The van der Waals surface area contributed by atoms with Gasteiger partial charge in [0.25, 0.3) is 5.91 Å². The van der Waals surface area contributed by atoms with Gasteiger partial charge in [-0.05, 0) is 42.8 Å². The normalized spacial score (nSPS) is 17.4. The van der Waals surface area contributed by atoms with E-state index >= 15 is 0 Å². The first-order valence-electron chi connectivity index (χ1n) is 12.4. The van der Waals surface area contributed by atoms with Crippen molar-refractivity contribution in [3.63, 3.8) is 0 Å². The quantitative estimate of drug-likeness (QED) is 0.475. The van der Waals surface area contributed by atoms with E-state index in [0.29, 0.717) is 30.2 Å². The van der Waals surface area contributed by atoms with Crippen LogP contribution in [0.4, 0.5) is 11.4 Å². The van der Waals surface area contributed by atoms with Gasteiger partial charge in [0.2, 0.25) is 0 Å². The van der Waals surface area contributed by atoms with Gasteiger partial charge in [0.1, 0.15) is 5.71 Å². The van der Waals surface area contributed by atoms with Gasteiger partial charge in [-0.2, -0.15) is 0 Å². The number of ether oxygens (including phenoxy) is 1. The molecule has 0 saturated carbocycles. The molecule has 36 heavy (non-hydrogen) atoms. The summed E-state index contributed by atoms with van der Waals surface area (Å²) < 4.78 is 5.04. The number of aliphatic imine (C=N–C) groups is 1. The fourth-order valence-electron chi connectivity index (χ4n) is 4.66. The van der Waals surface area contributed by atoms with E-state index in [1.54, 1.807) is 31.2 Å². The molecule has 0 bridgehead atoms. The summed E-state index contributed by atoms with van der Waals surface area (Å²) in [5, 5.41) is 0. The van der Waals surface area contributed by atoms with Crippen LogP contribution in [0.1, 0.15) is 28.4 Å². The van der Waals surface area contributed by atoms with Crippen LogP contribution in [0.15, 0.2) is 83.9 Å². The van der Waals surface area contributed by atoms with Crippen molar-refractivity contribution in [3.05, 3.63) is 95.6 Å². The lowest BCUT2D eigenvalue weighted by Gasteiger charge is -2.36. The molecule has 5 rings (SSSR count). The van der Waals surface area contributed by atoms with E-state index in [2.05, 4.69) is 39.1 Å². The van der Waals surface area contributed by atoms with E-state index in [9.17, 15) is 9.59 Å². The lowest BCUT2D eigenvalue weighted by atomic mass is 10.1. The Morgan fingerprint density at radius 1 is 0.861 bits per heavy atom. The van der Waals surface area contributed by atoms with Crippen molar-refractivity contribution in [1.82, 2.24) is 9.80 Å². The molecule has 2 heterocycles. The van der Waals surface area contributed by atoms with E-state index < -0.39 is 0 Å². The zero-order valence-corrected chi connectivity index (χ0v) is 20.5. The van der Waals surface area contributed by atoms with Gasteiger partial charge in [-0.3, -0.25) is 19.5 Å². The predicted molar refractivity (Wildman–Crippen MR) is 141 cm³/mol. The number of hydrogen-bond acceptors (Lipinski definition) is 6. The molecule has 7 heteroatoms. The van der Waals surface area contributed by atoms with Crippen molar-refractivity contribution in [2.45, 2.75) is 13.5 Å². The Kier molecular flexibility index (Phi) is 7.21. The molecule has 1 fully saturated rings. The summed E-state index contributed by atoms with van der Waals surface area (Å²) in [5.41, 5.74) is 4.56. The molecule has 3 aromatic carbocycles. The predicted octanol–water partition coefficient (Wildman–Crippen LogP) is 4.11. The molecule has 1 saturated heterocycles. The highest BCUT2D eigenvalue weighted by molar-refractivity contribution is 6.54. The summed E-state index contributed by atoms with van der Waals surface area (Å²) in [4.78, 5) is 36.7. The molecule has 0 radical (unpaired) electrons. The minimum absolute atomic E-state index is 0.0996. The van der Waals surface area contributed by atoms with Gasteiger partial charge in [0.05, 0.1) is 30.2 Å². The Balaban J connectivity index is 1.27. The molecule has 3 aromatic rings. The molecule has 0 unspecified atom stereocenters. The van der Waals surface area contributed by atoms with Crippen LogP contribution in [0.5, 0.6) is 0 Å². The zero-order chi connectivity index (χ0) is 24.9. The van der Waals surface area contributed by atoms with Crippen LogP contribution < -0.4 is 4.90 Å². The maximum Gasteiger partial charge on any atom is 0.338 e. The number of rotatable bonds is 7. The van der Waals surface area contributed by atoms with Crippen molar-refractivity contribution in [1.29, 1.82) is 0 Å². The SMILES string of the molecule is CCOC(=O)c1ccc(N=C2C(=O)N(CN3CCN(Cc4ccccc4)CC3)c3ccccc32)cc1. The maximum absolute atomic E-state index is 13.5. The molecule has 0 aromatic heterocycles. The molecule has 2 aliphatic heterocycles. The summed E-state index contributed by atoms with van der Waals surface area (Å²) in [7, 11) is 0. The third kappa shape index (κ3) is 5.22. The fraction of sp³-hybridized carbons (Fsp3) is 0.276. The average Bonchev–Trinajstić information content (AvgIpc) is 3.17. The van der Waals surface area contributed by atoms with Crippen LogP contribution in [0.25, 0.3) is 0 Å². The number of carbonyl (C=O) groups is 2. The molecular formula is C29H30N4O3. The van der Waals surface area contributed by atoms with Crippen LogP contribution in [0, 0.1) is 0 Å². The van der Waals surface area contributed by atoms with Crippen molar-refractivity contribution < 1.29 is 14.3 Å². The number of hydrogen-bond donors (Lipinski definition) is 0. The standard InChI is InChI=1S/C29H30N4O3/c1-2-36-29(35)23-12-14-24(15-13-23)30-27-25-10-6-7-11-26(25)33(28(27)34)21-32-18-16-31(17-19-32)20-22-8-4-3-5-9-22/h3-15H,2,16-21H2,1H3. The molecule has 0 atom stereocenters. The second-order valence-corrected chi connectivity index (χ2v) is 9.00. The van der Waals surface area contributed by atoms with Crippen LogP contribution in [-0.2, 0) is 16.1 Å². The highest BCUT2D eigenvalue weighted by Gasteiger charge is 2.35. The highest BCUT2D eigenvalue weighted by atomic mass is 16.5. The van der Waals surface area contributed by atoms with Gasteiger partial charge in [0.15, 0.2) is 0 Å². The second kappa shape index (κ2) is 10.8. The van der Waals surface area contributed by atoms with E-state index in [4.69, 9.17) is 4.74 Å². The molecule has 1 amide bonds. The summed E-state index contributed by atoms with van der Waals surface area (Å²) in [6.07, 6.45) is 0. The monoisotopic (exact) mass is 482 g/mol. The largest absolute Gasteiger partial charge is 0.462 e. The molecule has 0 spiro atoms. The highest BCUT2D eigenvalue weighted by Crippen LogP contribution is 2.31. The second-order valence-electron chi connectivity index (χ2n) is 9.00. The Labute approximate surface area is 211 Å². The summed E-state index contributed by atoms with van der Waals surface area (Å²) in [6.45, 7) is 7.32. The van der Waals surface area contributed by atoms with Gasteiger partial charge in [-0.15, -0.1) is 0 Å². The summed E-state index contributed by atoms with van der Waals surface area (Å²) in [6, 6.07) is 25.2. The number of esters is 1. The topological polar surface area (TPSA) is 65.5 Å². The molecular weight excluding hydrogens is 452 g/mol. The Morgan fingerprint density at radius 2 is 1.53 bits per heavy atom. The molecule has 7 nitrogen and oxygen atoms in total. The first-order valence-corrected chi connectivity index (χ1v) is 12.4. The first kappa shape index (κ1) is 23.9. The summed E-state index contributed by atoms with van der Waals surface area (Å²) >= 11 is 0. The third-order valence-electron chi connectivity index (χ3n) is 6.57. The fourth-order valence-corrected chi connectivity index (χ4v) is 4.66. The molecule has 2 aliphatic rings. The van der Waals surface area contributed by atoms with Crippen LogP contribution >= 0.6 is 0 Å². The van der Waals surface area contributed by atoms with E-state index in [1.165, 1.54) is 5.56 Å². The minimum atomic E-state index is -0.367. The van der Waals surface area contributed by atoms with Gasteiger partial charge in [-0.25, -0.2) is 9.79 Å². The smallest absolute Gasteiger partial charge is 0.338 e. The number of anilines is 1. The van der Waals surface area contributed by atoms with Gasteiger partial charge in [0, 0.05) is 38.3 Å². The molecule has 0 aliphatic carbocycles.